The fourth-order valence-corrected chi connectivity index (χ4v) is 4.71. The third-order valence-corrected chi connectivity index (χ3v) is 6.56. The minimum Gasteiger partial charge on any atom is -0.497 e. The number of thiazole rings is 1. The predicted octanol–water partition coefficient (Wildman–Crippen LogP) is 4.56. The van der Waals surface area contributed by atoms with E-state index in [0.717, 1.165) is 16.1 Å². The number of hydrogen-bond acceptors (Lipinski definition) is 7. The van der Waals surface area contributed by atoms with Gasteiger partial charge in [-0.2, -0.15) is 0 Å². The monoisotopic (exact) mass is 484 g/mol. The number of amides is 1. The van der Waals surface area contributed by atoms with E-state index in [0.29, 0.717) is 21.5 Å². The van der Waals surface area contributed by atoms with Gasteiger partial charge in [-0.3, -0.25) is 19.3 Å². The Morgan fingerprint density at radius 1 is 1.21 bits per heavy atom. The topological polar surface area (TPSA) is 85.8 Å². The molecule has 2 heterocycles. The van der Waals surface area contributed by atoms with Gasteiger partial charge in [0.2, 0.25) is 5.91 Å². The van der Waals surface area contributed by atoms with Crippen molar-refractivity contribution in [2.24, 2.45) is 5.92 Å². The van der Waals surface area contributed by atoms with Crippen LogP contribution in [0.25, 0.3) is 11.3 Å². The molecule has 3 aromatic rings. The molecule has 1 fully saturated rings. The molecule has 0 aliphatic carbocycles. The van der Waals surface area contributed by atoms with Crippen LogP contribution in [-0.4, -0.2) is 42.9 Å². The summed E-state index contributed by atoms with van der Waals surface area (Å²) in [5, 5.41) is 1.13. The number of nitrogens with zero attached hydrogens (tertiary/aromatic N) is 2. The van der Waals surface area contributed by atoms with Gasteiger partial charge in [0.25, 0.3) is 0 Å². The fourth-order valence-electron chi connectivity index (χ4n) is 3.57. The maximum absolute atomic E-state index is 12.6. The van der Waals surface area contributed by atoms with E-state index in [1.54, 1.807) is 30.3 Å². The van der Waals surface area contributed by atoms with Crippen molar-refractivity contribution in [3.05, 3.63) is 64.0 Å². The Labute approximate surface area is 199 Å². The molecule has 0 saturated carbocycles. The number of benzene rings is 2. The van der Waals surface area contributed by atoms with Crippen molar-refractivity contribution in [2.45, 2.75) is 13.3 Å². The summed E-state index contributed by atoms with van der Waals surface area (Å²) in [5.41, 5.74) is 2.03. The zero-order valence-corrected chi connectivity index (χ0v) is 19.6. The van der Waals surface area contributed by atoms with Crippen LogP contribution in [0.4, 0.5) is 5.13 Å². The van der Waals surface area contributed by atoms with Gasteiger partial charge in [0, 0.05) is 34.0 Å². The highest BCUT2D eigenvalue weighted by molar-refractivity contribution is 7.16. The Balaban J connectivity index is 1.39. The van der Waals surface area contributed by atoms with E-state index < -0.39 is 11.9 Å². The lowest BCUT2D eigenvalue weighted by molar-refractivity contribution is -0.147. The first kappa shape index (κ1) is 22.9. The summed E-state index contributed by atoms with van der Waals surface area (Å²) in [7, 11) is 1.54. The first-order valence-electron chi connectivity index (χ1n) is 10.2. The fraction of sp³-hybridized carbons (Fsp3) is 0.250. The normalized spacial score (nSPS) is 15.5. The van der Waals surface area contributed by atoms with E-state index in [1.807, 2.05) is 25.1 Å². The second-order valence-electron chi connectivity index (χ2n) is 7.58. The number of carbonyl (C=O) groups excluding carboxylic acids is 3. The lowest BCUT2D eigenvalue weighted by atomic mass is 10.1. The number of esters is 1. The zero-order chi connectivity index (χ0) is 23.5. The highest BCUT2D eigenvalue weighted by Crippen LogP contribution is 2.36. The minimum absolute atomic E-state index is 0.0146. The van der Waals surface area contributed by atoms with Crippen LogP contribution in [0.3, 0.4) is 0 Å². The first-order valence-corrected chi connectivity index (χ1v) is 11.4. The molecule has 7 nitrogen and oxygen atoms in total. The molecule has 2 aromatic carbocycles. The summed E-state index contributed by atoms with van der Waals surface area (Å²) in [6, 6.07) is 13.9. The van der Waals surface area contributed by atoms with Crippen molar-refractivity contribution in [2.75, 3.05) is 25.2 Å². The maximum atomic E-state index is 12.6. The average molecular weight is 485 g/mol. The number of anilines is 1. The van der Waals surface area contributed by atoms with Crippen molar-refractivity contribution in [1.82, 2.24) is 4.98 Å². The summed E-state index contributed by atoms with van der Waals surface area (Å²) in [4.78, 5) is 44.5. The van der Waals surface area contributed by atoms with E-state index in [-0.39, 0.29) is 31.3 Å². The molecule has 33 heavy (non-hydrogen) atoms. The lowest BCUT2D eigenvalue weighted by Crippen LogP contribution is -2.27. The first-order chi connectivity index (χ1) is 15.9. The van der Waals surface area contributed by atoms with Crippen molar-refractivity contribution >= 4 is 45.7 Å². The number of hydrogen-bond donors (Lipinski definition) is 0. The number of methoxy groups -OCH3 is 1. The highest BCUT2D eigenvalue weighted by atomic mass is 35.5. The van der Waals surface area contributed by atoms with E-state index >= 15 is 0 Å². The average Bonchev–Trinajstić information content (AvgIpc) is 3.39. The highest BCUT2D eigenvalue weighted by Gasteiger charge is 2.38. The quantitative estimate of drug-likeness (QED) is 0.361. The molecule has 4 rings (SSSR count). The van der Waals surface area contributed by atoms with Gasteiger partial charge in [0.1, 0.15) is 5.75 Å². The van der Waals surface area contributed by atoms with Crippen LogP contribution in [0.2, 0.25) is 5.02 Å². The van der Waals surface area contributed by atoms with Gasteiger partial charge in [-0.05, 0) is 43.3 Å². The Hall–Kier alpha value is -3.23. The van der Waals surface area contributed by atoms with E-state index in [4.69, 9.17) is 21.1 Å². The van der Waals surface area contributed by atoms with Crippen LogP contribution in [0, 0.1) is 12.8 Å². The molecule has 1 saturated heterocycles. The number of aromatic nitrogens is 1. The summed E-state index contributed by atoms with van der Waals surface area (Å²) in [6.07, 6.45) is 0.0146. The Bertz CT molecular complexity index is 1210. The molecule has 170 valence electrons. The maximum Gasteiger partial charge on any atom is 0.311 e. The summed E-state index contributed by atoms with van der Waals surface area (Å²) >= 11 is 7.48. The largest absolute Gasteiger partial charge is 0.497 e. The molecular weight excluding hydrogens is 464 g/mol. The SMILES string of the molecule is COc1ccc(C(=O)COC(=O)[C@H]2CC(=O)N(c3nc(-c4cccc(Cl)c4)c(C)s3)C2)cc1. The van der Waals surface area contributed by atoms with Crippen molar-refractivity contribution in [3.8, 4) is 17.0 Å². The molecule has 1 atom stereocenters. The molecule has 0 unspecified atom stereocenters. The van der Waals surface area contributed by atoms with E-state index in [2.05, 4.69) is 4.98 Å². The van der Waals surface area contributed by atoms with Crippen LogP contribution in [0.5, 0.6) is 5.75 Å². The molecule has 0 bridgehead atoms. The molecule has 0 N–H and O–H groups in total. The molecular formula is C24H21ClN2O5S. The molecule has 9 heteroatoms. The Kier molecular flexibility index (Phi) is 6.76. The molecule has 0 spiro atoms. The molecule has 1 aliphatic heterocycles. The number of aryl methyl sites for hydroxylation is 1. The Morgan fingerprint density at radius 2 is 1.97 bits per heavy atom. The Morgan fingerprint density at radius 3 is 2.67 bits per heavy atom. The second kappa shape index (κ2) is 9.72. The van der Waals surface area contributed by atoms with Crippen LogP contribution >= 0.6 is 22.9 Å². The number of ketones is 1. The standard InChI is InChI=1S/C24H21ClN2O5S/c1-14-22(16-4-3-5-18(25)10-16)26-24(33-14)27-12-17(11-21(27)29)23(30)32-13-20(28)15-6-8-19(31-2)9-7-15/h3-10,17H,11-13H2,1-2H3/t17-/m0/s1. The van der Waals surface area contributed by atoms with Crippen LogP contribution < -0.4 is 9.64 Å². The van der Waals surface area contributed by atoms with Crippen molar-refractivity contribution < 1.29 is 23.9 Å². The number of halogens is 1. The summed E-state index contributed by atoms with van der Waals surface area (Å²) < 4.78 is 10.3. The number of carbonyl (C=O) groups is 3. The third-order valence-electron chi connectivity index (χ3n) is 5.33. The van der Waals surface area contributed by atoms with Gasteiger partial charge in [0.15, 0.2) is 17.5 Å². The van der Waals surface area contributed by atoms with Gasteiger partial charge in [-0.1, -0.05) is 23.7 Å². The molecule has 0 radical (unpaired) electrons. The van der Waals surface area contributed by atoms with E-state index in [1.165, 1.54) is 23.3 Å². The smallest absolute Gasteiger partial charge is 0.311 e. The van der Waals surface area contributed by atoms with Gasteiger partial charge < -0.3 is 9.47 Å². The predicted molar refractivity (Wildman–Crippen MR) is 126 cm³/mol. The van der Waals surface area contributed by atoms with Crippen LogP contribution in [-0.2, 0) is 14.3 Å². The third kappa shape index (κ3) is 5.07. The molecule has 1 aromatic heterocycles. The van der Waals surface area contributed by atoms with E-state index in [9.17, 15) is 14.4 Å². The number of Topliss-reactive ketones (excluding diaryl/α,β-unsaturated/α-hetero) is 1. The zero-order valence-electron chi connectivity index (χ0n) is 18.0. The lowest BCUT2D eigenvalue weighted by Gasteiger charge is -2.13. The van der Waals surface area contributed by atoms with Gasteiger partial charge in [0.05, 0.1) is 18.7 Å². The van der Waals surface area contributed by atoms with Crippen molar-refractivity contribution in [3.63, 3.8) is 0 Å². The van der Waals surface area contributed by atoms with Crippen molar-refractivity contribution in [1.29, 1.82) is 0 Å². The minimum atomic E-state index is -0.653. The van der Waals surface area contributed by atoms with Gasteiger partial charge in [-0.15, -0.1) is 11.3 Å². The number of ether oxygens (including phenoxy) is 2. The summed E-state index contributed by atoms with van der Waals surface area (Å²) in [5.74, 6) is -1.13. The van der Waals surface area contributed by atoms with Gasteiger partial charge in [-0.25, -0.2) is 4.98 Å². The van der Waals surface area contributed by atoms with Crippen LogP contribution in [0.15, 0.2) is 48.5 Å². The number of rotatable bonds is 7. The van der Waals surface area contributed by atoms with Gasteiger partial charge >= 0.3 is 5.97 Å². The van der Waals surface area contributed by atoms with Crippen LogP contribution in [0.1, 0.15) is 21.7 Å². The molecule has 1 amide bonds. The second-order valence-corrected chi connectivity index (χ2v) is 9.19. The summed E-state index contributed by atoms with van der Waals surface area (Å²) in [6.45, 7) is 1.70. The molecule has 1 aliphatic rings.